The van der Waals surface area contributed by atoms with E-state index in [4.69, 9.17) is 9.47 Å². The van der Waals surface area contributed by atoms with E-state index in [1.165, 1.54) is 16.3 Å². The van der Waals surface area contributed by atoms with Gasteiger partial charge in [0, 0.05) is 72.8 Å². The molecule has 0 radical (unpaired) electrons. The number of fused-ring (bicyclic) bond motifs is 7. The van der Waals surface area contributed by atoms with Crippen LogP contribution in [0.4, 0.5) is 0 Å². The summed E-state index contributed by atoms with van der Waals surface area (Å²) in [6.07, 6.45) is 6.47. The average Bonchev–Trinajstić information content (AvgIpc) is 3.80. The zero-order valence-electron chi connectivity index (χ0n) is 29.6. The van der Waals surface area contributed by atoms with Crippen LogP contribution in [0.25, 0.3) is 22.2 Å². The van der Waals surface area contributed by atoms with Crippen molar-refractivity contribution in [3.05, 3.63) is 53.1 Å². The number of piperazine rings is 1. The Kier molecular flexibility index (Phi) is 8.52. The van der Waals surface area contributed by atoms with Crippen LogP contribution in [-0.4, -0.2) is 105 Å². The molecule has 2 aliphatic carbocycles. The number of hydrogen-bond acceptors (Lipinski definition) is 7. The molecule has 4 fully saturated rings. The van der Waals surface area contributed by atoms with Crippen molar-refractivity contribution >= 4 is 32.9 Å². The van der Waals surface area contributed by atoms with Crippen molar-refractivity contribution < 1.29 is 27.5 Å². The number of carbonyl (C=O) groups excluding carboxylic acids is 2. The molecule has 5 aliphatic rings. The zero-order valence-corrected chi connectivity index (χ0v) is 30.4. The minimum absolute atomic E-state index is 0.0460. The van der Waals surface area contributed by atoms with Gasteiger partial charge in [0.05, 0.1) is 31.4 Å². The van der Waals surface area contributed by atoms with Crippen molar-refractivity contribution in [3.8, 4) is 17.0 Å². The summed E-state index contributed by atoms with van der Waals surface area (Å²) in [5.41, 5.74) is 5.21. The molecule has 4 atom stereocenters. The number of likely N-dealkylation sites (N-methyl/N-ethyl adjacent to an activating group) is 1. The summed E-state index contributed by atoms with van der Waals surface area (Å²) in [4.78, 5) is 33.0. The Bertz CT molecular complexity index is 1940. The lowest BCUT2D eigenvalue weighted by Crippen LogP contribution is -2.58. The van der Waals surface area contributed by atoms with Crippen LogP contribution in [0.5, 0.6) is 5.75 Å². The summed E-state index contributed by atoms with van der Waals surface area (Å²) in [6, 6.07) is 12.4. The number of methoxy groups -OCH3 is 1. The highest BCUT2D eigenvalue weighted by Crippen LogP contribution is 2.66. The first-order chi connectivity index (χ1) is 24.0. The molecule has 2 saturated heterocycles. The van der Waals surface area contributed by atoms with Crippen molar-refractivity contribution in [2.75, 3.05) is 53.6 Å². The Morgan fingerprint density at radius 3 is 2.40 bits per heavy atom. The van der Waals surface area contributed by atoms with Crippen LogP contribution >= 0.6 is 0 Å². The van der Waals surface area contributed by atoms with E-state index >= 15 is 0 Å². The second-order valence-electron chi connectivity index (χ2n) is 15.3. The van der Waals surface area contributed by atoms with E-state index in [9.17, 15) is 18.0 Å². The molecular formula is C38H49N5O6S. The lowest BCUT2D eigenvalue weighted by atomic mass is 9.81. The van der Waals surface area contributed by atoms with E-state index < -0.39 is 21.5 Å². The molecule has 12 heteroatoms. The van der Waals surface area contributed by atoms with Gasteiger partial charge < -0.3 is 18.9 Å². The minimum atomic E-state index is -4.03. The van der Waals surface area contributed by atoms with Gasteiger partial charge in [0.1, 0.15) is 5.75 Å². The van der Waals surface area contributed by atoms with Gasteiger partial charge in [0.15, 0.2) is 0 Å². The van der Waals surface area contributed by atoms with Gasteiger partial charge in [-0.05, 0) is 87.5 Å². The monoisotopic (exact) mass is 703 g/mol. The van der Waals surface area contributed by atoms with E-state index in [1.807, 2.05) is 18.2 Å². The van der Waals surface area contributed by atoms with Gasteiger partial charge in [-0.25, -0.2) is 4.72 Å². The largest absolute Gasteiger partial charge is 0.497 e. The Morgan fingerprint density at radius 2 is 1.70 bits per heavy atom. The van der Waals surface area contributed by atoms with Gasteiger partial charge in [-0.2, -0.15) is 12.7 Å². The van der Waals surface area contributed by atoms with Gasteiger partial charge in [0.25, 0.3) is 5.91 Å². The fraction of sp³-hybridized carbons (Fsp3) is 0.579. The van der Waals surface area contributed by atoms with Crippen LogP contribution in [0.3, 0.4) is 0 Å². The van der Waals surface area contributed by atoms with E-state index in [0.29, 0.717) is 38.8 Å². The summed E-state index contributed by atoms with van der Waals surface area (Å²) in [5, 5.41) is 1.07. The first-order valence-corrected chi connectivity index (χ1v) is 19.7. The van der Waals surface area contributed by atoms with E-state index in [2.05, 4.69) is 52.1 Å². The average molecular weight is 704 g/mol. The molecule has 268 valence electrons. The number of hydrogen-bond donors (Lipinski definition) is 1. The fourth-order valence-corrected chi connectivity index (χ4v) is 10.4. The molecule has 0 unspecified atom stereocenters. The molecule has 11 nitrogen and oxygen atoms in total. The SMILES string of the molecule is COc1ccc2c(c1)[C@@H]1C[C@]1(C(=O)N1C[C@@H](C)N(C)[C@@H](C)C1)Cn1c-2c(C2CCCCC2)c2ccc(C(=O)NS(=O)(=O)N3CCOCC3)cc21. The predicted octanol–water partition coefficient (Wildman–Crippen LogP) is 4.71. The number of nitrogens with one attached hydrogen (secondary N) is 1. The molecule has 1 N–H and O–H groups in total. The number of carbonyl (C=O) groups is 2. The third-order valence-electron chi connectivity index (χ3n) is 12.4. The maximum absolute atomic E-state index is 14.9. The second kappa shape index (κ2) is 12.6. The Labute approximate surface area is 295 Å². The molecule has 2 aromatic carbocycles. The number of morpholine rings is 1. The van der Waals surface area contributed by atoms with E-state index in [-0.39, 0.29) is 42.6 Å². The molecule has 4 heterocycles. The van der Waals surface area contributed by atoms with Crippen molar-refractivity contribution in [3.63, 3.8) is 0 Å². The number of nitrogens with zero attached hydrogens (tertiary/aromatic N) is 4. The molecule has 3 aromatic rings. The highest BCUT2D eigenvalue weighted by Gasteiger charge is 2.64. The van der Waals surface area contributed by atoms with Crippen LogP contribution < -0.4 is 9.46 Å². The summed E-state index contributed by atoms with van der Waals surface area (Å²) >= 11 is 0. The Hall–Kier alpha value is -3.45. The minimum Gasteiger partial charge on any atom is -0.497 e. The number of benzene rings is 2. The Morgan fingerprint density at radius 1 is 0.980 bits per heavy atom. The van der Waals surface area contributed by atoms with Crippen molar-refractivity contribution in [1.82, 2.24) is 23.4 Å². The van der Waals surface area contributed by atoms with Gasteiger partial charge in [-0.1, -0.05) is 25.3 Å². The quantitative estimate of drug-likeness (QED) is 0.396. The molecule has 2 amide bonds. The van der Waals surface area contributed by atoms with Crippen molar-refractivity contribution in [2.45, 2.75) is 82.8 Å². The smallest absolute Gasteiger partial charge is 0.304 e. The molecule has 0 spiro atoms. The van der Waals surface area contributed by atoms with Gasteiger partial charge in [-0.3, -0.25) is 14.5 Å². The summed E-state index contributed by atoms with van der Waals surface area (Å²) < 4.78 is 43.3. The van der Waals surface area contributed by atoms with Crippen LogP contribution in [-0.2, 0) is 26.3 Å². The molecule has 8 rings (SSSR count). The first-order valence-electron chi connectivity index (χ1n) is 18.3. The van der Waals surface area contributed by atoms with Crippen molar-refractivity contribution in [2.24, 2.45) is 5.41 Å². The van der Waals surface area contributed by atoms with Crippen LogP contribution in [0, 0.1) is 5.41 Å². The first kappa shape index (κ1) is 33.7. The standard InChI is InChI=1S/C38H49N5O6S/c1-24-21-41(22-25(2)40(24)3)37(45)38-20-32(38)31-19-28(48-4)11-13-29(31)35-34(26-8-6-5-7-9-26)30-12-10-27(18-33(30)43(35)23-38)36(44)39-50(46,47)42-14-16-49-17-15-42/h10-13,18-19,24-26,32H,5-9,14-17,20-23H2,1-4H3,(H,39,44)/t24-,25+,32-,38-/m0/s1. The second-order valence-corrected chi connectivity index (χ2v) is 17.0. The molecule has 50 heavy (non-hydrogen) atoms. The third kappa shape index (κ3) is 5.54. The Balaban J connectivity index is 1.27. The normalized spacial score (nSPS) is 27.6. The summed E-state index contributed by atoms with van der Waals surface area (Å²) in [6.45, 7) is 7.23. The summed E-state index contributed by atoms with van der Waals surface area (Å²) in [5.74, 6) is 0.705. The maximum atomic E-state index is 14.9. The topological polar surface area (TPSA) is 113 Å². The van der Waals surface area contributed by atoms with E-state index in [1.54, 1.807) is 13.2 Å². The van der Waals surface area contributed by atoms with Gasteiger partial charge in [-0.15, -0.1) is 0 Å². The predicted molar refractivity (Wildman–Crippen MR) is 192 cm³/mol. The maximum Gasteiger partial charge on any atom is 0.304 e. The zero-order chi connectivity index (χ0) is 34.9. The lowest BCUT2D eigenvalue weighted by molar-refractivity contribution is -0.141. The number of aromatic nitrogens is 1. The van der Waals surface area contributed by atoms with E-state index in [0.717, 1.165) is 65.6 Å². The van der Waals surface area contributed by atoms with Crippen LogP contribution in [0.2, 0.25) is 0 Å². The number of ether oxygens (including phenoxy) is 2. The fourth-order valence-electron chi connectivity index (χ4n) is 9.33. The lowest BCUT2D eigenvalue weighted by Gasteiger charge is -2.43. The highest BCUT2D eigenvalue weighted by molar-refractivity contribution is 7.87. The molecule has 3 aliphatic heterocycles. The number of amides is 2. The third-order valence-corrected chi connectivity index (χ3v) is 13.9. The van der Waals surface area contributed by atoms with Crippen LogP contribution in [0.1, 0.15) is 85.7 Å². The van der Waals surface area contributed by atoms with Crippen molar-refractivity contribution in [1.29, 1.82) is 0 Å². The molecule has 1 aromatic heterocycles. The summed E-state index contributed by atoms with van der Waals surface area (Å²) in [7, 11) is -0.212. The number of rotatable bonds is 6. The van der Waals surface area contributed by atoms with Gasteiger partial charge in [0.2, 0.25) is 5.91 Å². The molecular weight excluding hydrogens is 655 g/mol. The molecule has 0 bridgehead atoms. The molecule has 2 saturated carbocycles. The highest BCUT2D eigenvalue weighted by atomic mass is 32.2. The van der Waals surface area contributed by atoms with Gasteiger partial charge >= 0.3 is 10.2 Å². The van der Waals surface area contributed by atoms with Crippen LogP contribution in [0.15, 0.2) is 36.4 Å².